The average Bonchev–Trinajstić information content (AvgIpc) is 3.27. The molecule has 26 heavy (non-hydrogen) atoms. The molecular weight excluding hydrogens is 324 g/mol. The summed E-state index contributed by atoms with van der Waals surface area (Å²) in [6, 6.07) is 19.6. The van der Waals surface area contributed by atoms with E-state index >= 15 is 0 Å². The molecule has 0 fully saturated rings. The molecule has 3 aromatic carbocycles. The lowest BCUT2D eigenvalue weighted by Gasteiger charge is -2.01. The fraction of sp³-hybridized carbons (Fsp3) is 0. The molecule has 2 aromatic heterocycles. The second kappa shape index (κ2) is 5.35. The van der Waals surface area contributed by atoms with E-state index in [1.54, 1.807) is 6.07 Å². The SMILES string of the molecule is Nc1ccc(-c2nc3ccc(-c4nc5ccccc5[nH]4)cc3[nH]2)cc1N. The zero-order valence-electron chi connectivity index (χ0n) is 13.8. The standard InChI is InChI=1S/C20H16N6/c21-13-7-5-11(9-14(13)22)19-25-17-8-6-12(10-18(17)26-19)20-23-15-3-1-2-4-16(15)24-20/h1-10H,21-22H2,(H,23,24)(H,25,26). The molecule has 6 nitrogen and oxygen atoms in total. The van der Waals surface area contributed by atoms with E-state index in [2.05, 4.69) is 19.9 Å². The maximum atomic E-state index is 5.91. The van der Waals surface area contributed by atoms with Crippen molar-refractivity contribution in [1.82, 2.24) is 19.9 Å². The summed E-state index contributed by atoms with van der Waals surface area (Å²) in [4.78, 5) is 16.0. The molecule has 0 amide bonds. The molecule has 0 atom stereocenters. The molecule has 0 aliphatic heterocycles. The number of aromatic amines is 2. The summed E-state index contributed by atoms with van der Waals surface area (Å²) < 4.78 is 0. The Balaban J connectivity index is 1.60. The average molecular weight is 340 g/mol. The molecule has 5 aromatic rings. The highest BCUT2D eigenvalue weighted by molar-refractivity contribution is 5.86. The Morgan fingerprint density at radius 3 is 2.04 bits per heavy atom. The minimum absolute atomic E-state index is 0.547. The number of nitrogens with two attached hydrogens (primary N) is 2. The molecule has 0 spiro atoms. The number of para-hydroxylation sites is 2. The summed E-state index contributed by atoms with van der Waals surface area (Å²) in [5.74, 6) is 1.59. The van der Waals surface area contributed by atoms with Crippen molar-refractivity contribution in [2.24, 2.45) is 0 Å². The van der Waals surface area contributed by atoms with Crippen molar-refractivity contribution in [3.63, 3.8) is 0 Å². The summed E-state index contributed by atoms with van der Waals surface area (Å²) in [6.45, 7) is 0. The maximum absolute atomic E-state index is 5.91. The fourth-order valence-electron chi connectivity index (χ4n) is 3.11. The van der Waals surface area contributed by atoms with Crippen LogP contribution in [0, 0.1) is 0 Å². The summed E-state index contributed by atoms with van der Waals surface area (Å²) >= 11 is 0. The van der Waals surface area contributed by atoms with Crippen molar-refractivity contribution in [3.05, 3.63) is 60.7 Å². The van der Waals surface area contributed by atoms with Crippen molar-refractivity contribution < 1.29 is 0 Å². The van der Waals surface area contributed by atoms with Crippen LogP contribution in [0.1, 0.15) is 0 Å². The zero-order valence-corrected chi connectivity index (χ0v) is 13.8. The number of nitrogens with one attached hydrogen (secondary N) is 2. The number of benzene rings is 3. The second-order valence-electron chi connectivity index (χ2n) is 6.26. The smallest absolute Gasteiger partial charge is 0.138 e. The van der Waals surface area contributed by atoms with E-state index in [1.165, 1.54) is 0 Å². The fourth-order valence-corrected chi connectivity index (χ4v) is 3.11. The summed E-state index contributed by atoms with van der Waals surface area (Å²) in [5, 5.41) is 0. The summed E-state index contributed by atoms with van der Waals surface area (Å²) in [5.41, 5.74) is 18.5. The van der Waals surface area contributed by atoms with Gasteiger partial charge in [0.1, 0.15) is 11.6 Å². The van der Waals surface area contributed by atoms with Gasteiger partial charge in [-0.3, -0.25) is 0 Å². The molecule has 6 heteroatoms. The minimum atomic E-state index is 0.547. The monoisotopic (exact) mass is 340 g/mol. The van der Waals surface area contributed by atoms with Crippen molar-refractivity contribution in [3.8, 4) is 22.8 Å². The van der Waals surface area contributed by atoms with Crippen LogP contribution in [0.2, 0.25) is 0 Å². The van der Waals surface area contributed by atoms with Crippen molar-refractivity contribution >= 4 is 33.4 Å². The number of aromatic nitrogens is 4. The van der Waals surface area contributed by atoms with Crippen LogP contribution in [0.25, 0.3) is 44.8 Å². The Morgan fingerprint density at radius 1 is 0.615 bits per heavy atom. The number of hydrogen-bond donors (Lipinski definition) is 4. The number of anilines is 2. The molecule has 0 aliphatic carbocycles. The van der Waals surface area contributed by atoms with Crippen molar-refractivity contribution in [1.29, 1.82) is 0 Å². The van der Waals surface area contributed by atoms with Crippen LogP contribution in [-0.4, -0.2) is 19.9 Å². The molecular formula is C20H16N6. The highest BCUT2D eigenvalue weighted by Gasteiger charge is 2.10. The number of H-pyrrole nitrogens is 2. The highest BCUT2D eigenvalue weighted by Crippen LogP contribution is 2.28. The first-order valence-electron chi connectivity index (χ1n) is 8.28. The van der Waals surface area contributed by atoms with Gasteiger partial charge in [0, 0.05) is 11.1 Å². The van der Waals surface area contributed by atoms with Crippen molar-refractivity contribution in [2.45, 2.75) is 0 Å². The predicted molar refractivity (Wildman–Crippen MR) is 105 cm³/mol. The van der Waals surface area contributed by atoms with Crippen LogP contribution in [0.3, 0.4) is 0 Å². The second-order valence-corrected chi connectivity index (χ2v) is 6.26. The van der Waals surface area contributed by atoms with E-state index < -0.39 is 0 Å². The van der Waals surface area contributed by atoms with E-state index in [9.17, 15) is 0 Å². The van der Waals surface area contributed by atoms with E-state index in [0.717, 1.165) is 44.8 Å². The first-order valence-corrected chi connectivity index (χ1v) is 8.28. The van der Waals surface area contributed by atoms with Crippen LogP contribution in [0.15, 0.2) is 60.7 Å². The van der Waals surface area contributed by atoms with Gasteiger partial charge in [-0.2, -0.15) is 0 Å². The largest absolute Gasteiger partial charge is 0.397 e. The Hall–Kier alpha value is -3.80. The number of rotatable bonds is 2. The summed E-state index contributed by atoms with van der Waals surface area (Å²) in [7, 11) is 0. The third-order valence-corrected chi connectivity index (χ3v) is 4.50. The normalized spacial score (nSPS) is 11.4. The van der Waals surface area contributed by atoms with Gasteiger partial charge < -0.3 is 21.4 Å². The lowest BCUT2D eigenvalue weighted by atomic mass is 10.1. The molecule has 2 heterocycles. The molecule has 0 bridgehead atoms. The third kappa shape index (κ3) is 2.28. The number of nitrogen functional groups attached to an aromatic ring is 2. The van der Waals surface area contributed by atoms with Gasteiger partial charge in [0.2, 0.25) is 0 Å². The molecule has 0 saturated heterocycles. The Morgan fingerprint density at radius 2 is 1.27 bits per heavy atom. The Kier molecular flexibility index (Phi) is 2.99. The molecule has 0 aliphatic rings. The predicted octanol–water partition coefficient (Wildman–Crippen LogP) is 3.94. The van der Waals surface area contributed by atoms with Gasteiger partial charge in [0.05, 0.1) is 33.4 Å². The van der Waals surface area contributed by atoms with E-state index in [-0.39, 0.29) is 0 Å². The number of imidazole rings is 2. The van der Waals surface area contributed by atoms with Crippen LogP contribution < -0.4 is 11.5 Å². The maximum Gasteiger partial charge on any atom is 0.138 e. The Bertz CT molecular complexity index is 1230. The van der Waals surface area contributed by atoms with Gasteiger partial charge in [-0.25, -0.2) is 9.97 Å². The molecule has 126 valence electrons. The van der Waals surface area contributed by atoms with Crippen molar-refractivity contribution in [2.75, 3.05) is 11.5 Å². The lowest BCUT2D eigenvalue weighted by Crippen LogP contribution is -1.94. The molecule has 0 saturated carbocycles. The van der Waals surface area contributed by atoms with Gasteiger partial charge in [-0.15, -0.1) is 0 Å². The first-order chi connectivity index (χ1) is 12.7. The number of fused-ring (bicyclic) bond motifs is 2. The minimum Gasteiger partial charge on any atom is -0.397 e. The molecule has 0 radical (unpaired) electrons. The van der Waals surface area contributed by atoms with Crippen LogP contribution in [0.5, 0.6) is 0 Å². The lowest BCUT2D eigenvalue weighted by molar-refractivity contribution is 1.33. The van der Waals surface area contributed by atoms with Gasteiger partial charge in [0.25, 0.3) is 0 Å². The van der Waals surface area contributed by atoms with E-state index in [1.807, 2.05) is 54.6 Å². The number of nitrogens with zero attached hydrogens (tertiary/aromatic N) is 2. The van der Waals surface area contributed by atoms with Crippen LogP contribution >= 0.6 is 0 Å². The summed E-state index contributed by atoms with van der Waals surface area (Å²) in [6.07, 6.45) is 0. The quantitative estimate of drug-likeness (QED) is 0.365. The zero-order chi connectivity index (χ0) is 17.7. The number of hydrogen-bond acceptors (Lipinski definition) is 4. The molecule has 0 unspecified atom stereocenters. The topological polar surface area (TPSA) is 109 Å². The first kappa shape index (κ1) is 14.5. The van der Waals surface area contributed by atoms with Crippen LogP contribution in [0.4, 0.5) is 11.4 Å². The Labute approximate surface area is 148 Å². The van der Waals surface area contributed by atoms with E-state index in [4.69, 9.17) is 11.5 Å². The van der Waals surface area contributed by atoms with Gasteiger partial charge in [-0.1, -0.05) is 12.1 Å². The highest BCUT2D eigenvalue weighted by atomic mass is 14.9. The molecule has 6 N–H and O–H groups in total. The van der Waals surface area contributed by atoms with Gasteiger partial charge in [-0.05, 0) is 48.5 Å². The van der Waals surface area contributed by atoms with Gasteiger partial charge in [0.15, 0.2) is 0 Å². The van der Waals surface area contributed by atoms with Crippen LogP contribution in [-0.2, 0) is 0 Å². The van der Waals surface area contributed by atoms with Gasteiger partial charge >= 0.3 is 0 Å². The third-order valence-electron chi connectivity index (χ3n) is 4.50. The molecule has 5 rings (SSSR count). The van der Waals surface area contributed by atoms with E-state index in [0.29, 0.717) is 11.4 Å².